The minimum Gasteiger partial charge on any atom is -0.482 e. The molecule has 5 heteroatoms. The van der Waals surface area contributed by atoms with Gasteiger partial charge >= 0.3 is 0 Å². The van der Waals surface area contributed by atoms with Gasteiger partial charge in [-0.15, -0.1) is 0 Å². The van der Waals surface area contributed by atoms with E-state index in [-0.39, 0.29) is 24.3 Å². The molecule has 0 heterocycles. The van der Waals surface area contributed by atoms with Crippen molar-refractivity contribution in [1.29, 1.82) is 0 Å². The molecule has 0 fully saturated rings. The molecule has 0 saturated heterocycles. The summed E-state index contributed by atoms with van der Waals surface area (Å²) in [6.07, 6.45) is 0. The van der Waals surface area contributed by atoms with Gasteiger partial charge in [0, 0.05) is 13.5 Å². The lowest BCUT2D eigenvalue weighted by Crippen LogP contribution is -2.32. The first kappa shape index (κ1) is 17.5. The molecule has 0 bridgehead atoms. The molecule has 0 unspecified atom stereocenters. The number of rotatable bonds is 7. The van der Waals surface area contributed by atoms with Crippen molar-refractivity contribution in [3.63, 3.8) is 0 Å². The van der Waals surface area contributed by atoms with Gasteiger partial charge in [-0.3, -0.25) is 9.59 Å². The monoisotopic (exact) mass is 326 g/mol. The van der Waals surface area contributed by atoms with Crippen LogP contribution in [-0.4, -0.2) is 25.0 Å². The summed E-state index contributed by atoms with van der Waals surface area (Å²) in [4.78, 5) is 23.1. The summed E-state index contributed by atoms with van der Waals surface area (Å²) < 4.78 is 5.51. The Morgan fingerprint density at radius 2 is 1.71 bits per heavy atom. The van der Waals surface area contributed by atoms with Gasteiger partial charge < -0.3 is 15.4 Å². The van der Waals surface area contributed by atoms with E-state index >= 15 is 0 Å². The predicted molar refractivity (Wildman–Crippen MR) is 94.1 cm³/mol. The highest BCUT2D eigenvalue weighted by atomic mass is 16.5. The molecular formula is C19H22N2O3. The molecule has 2 rings (SSSR count). The van der Waals surface area contributed by atoms with E-state index in [1.54, 1.807) is 24.3 Å². The van der Waals surface area contributed by atoms with Crippen LogP contribution in [-0.2, 0) is 9.59 Å². The molecule has 2 N–H and O–H groups in total. The zero-order chi connectivity index (χ0) is 17.4. The third kappa shape index (κ3) is 5.43. The van der Waals surface area contributed by atoms with Crippen molar-refractivity contribution >= 4 is 17.5 Å². The van der Waals surface area contributed by atoms with Crippen molar-refractivity contribution in [3.8, 4) is 5.75 Å². The Bertz CT molecular complexity index is 686. The van der Waals surface area contributed by atoms with Crippen LogP contribution in [0.2, 0.25) is 0 Å². The van der Waals surface area contributed by atoms with Crippen molar-refractivity contribution in [2.45, 2.75) is 19.8 Å². The first-order valence-corrected chi connectivity index (χ1v) is 7.87. The molecule has 2 aromatic carbocycles. The maximum absolute atomic E-state index is 12.0. The molecule has 24 heavy (non-hydrogen) atoms. The van der Waals surface area contributed by atoms with Crippen LogP contribution in [0.15, 0.2) is 54.6 Å². The number of anilines is 1. The van der Waals surface area contributed by atoms with Crippen LogP contribution in [0.1, 0.15) is 25.3 Å². The first-order valence-electron chi connectivity index (χ1n) is 7.87. The fraction of sp³-hybridized carbons (Fsp3) is 0.263. The number of carbonyl (C=O) groups is 2. The Kier molecular flexibility index (Phi) is 6.37. The van der Waals surface area contributed by atoms with Gasteiger partial charge in [-0.05, 0) is 23.6 Å². The maximum Gasteiger partial charge on any atom is 0.257 e. The lowest BCUT2D eigenvalue weighted by molar-refractivity contribution is -0.123. The molecule has 0 radical (unpaired) electrons. The summed E-state index contributed by atoms with van der Waals surface area (Å²) in [6.45, 7) is 3.93. The first-order chi connectivity index (χ1) is 11.6. The average molecular weight is 326 g/mol. The van der Waals surface area contributed by atoms with E-state index in [1.807, 2.05) is 30.3 Å². The second-order valence-electron chi connectivity index (χ2n) is 5.58. The quantitative estimate of drug-likeness (QED) is 0.822. The third-order valence-corrected chi connectivity index (χ3v) is 3.53. The molecule has 0 aliphatic carbocycles. The summed E-state index contributed by atoms with van der Waals surface area (Å²) in [5.74, 6) is 0.309. The van der Waals surface area contributed by atoms with E-state index in [1.165, 1.54) is 12.5 Å². The zero-order valence-corrected chi connectivity index (χ0v) is 13.9. The molecule has 0 aliphatic rings. The molecule has 2 aromatic rings. The highest BCUT2D eigenvalue weighted by Gasteiger charge is 2.10. The van der Waals surface area contributed by atoms with Gasteiger partial charge in [0.1, 0.15) is 5.75 Å². The van der Waals surface area contributed by atoms with Crippen LogP contribution in [0.5, 0.6) is 5.75 Å². The second-order valence-corrected chi connectivity index (χ2v) is 5.58. The van der Waals surface area contributed by atoms with Crippen molar-refractivity contribution in [2.24, 2.45) is 0 Å². The Hall–Kier alpha value is -2.82. The van der Waals surface area contributed by atoms with E-state index in [9.17, 15) is 9.59 Å². The lowest BCUT2D eigenvalue weighted by atomic mass is 10.0. The van der Waals surface area contributed by atoms with Crippen molar-refractivity contribution in [2.75, 3.05) is 18.5 Å². The van der Waals surface area contributed by atoms with Crippen LogP contribution in [0.4, 0.5) is 5.69 Å². The summed E-state index contributed by atoms with van der Waals surface area (Å²) >= 11 is 0. The van der Waals surface area contributed by atoms with Gasteiger partial charge in [-0.1, -0.05) is 49.4 Å². The van der Waals surface area contributed by atoms with E-state index in [2.05, 4.69) is 17.6 Å². The Morgan fingerprint density at radius 1 is 1.04 bits per heavy atom. The van der Waals surface area contributed by atoms with Gasteiger partial charge in [-0.2, -0.15) is 0 Å². The number of ether oxygens (including phenoxy) is 1. The van der Waals surface area contributed by atoms with E-state index in [4.69, 9.17) is 4.74 Å². The summed E-state index contributed by atoms with van der Waals surface area (Å²) in [6, 6.07) is 17.0. The minimum absolute atomic E-state index is 0.0991. The third-order valence-electron chi connectivity index (χ3n) is 3.53. The van der Waals surface area contributed by atoms with Gasteiger partial charge in [-0.25, -0.2) is 0 Å². The number of amides is 2. The largest absolute Gasteiger partial charge is 0.482 e. The Morgan fingerprint density at radius 3 is 2.42 bits per heavy atom. The smallest absolute Gasteiger partial charge is 0.257 e. The predicted octanol–water partition coefficient (Wildman–Crippen LogP) is 2.94. The molecule has 126 valence electrons. The second kappa shape index (κ2) is 8.72. The van der Waals surface area contributed by atoms with Crippen LogP contribution in [0.3, 0.4) is 0 Å². The van der Waals surface area contributed by atoms with E-state index in [0.29, 0.717) is 18.0 Å². The fourth-order valence-electron chi connectivity index (χ4n) is 2.25. The highest BCUT2D eigenvalue weighted by molar-refractivity contribution is 5.90. The minimum atomic E-state index is -0.199. The standard InChI is InChI=1S/C19H22N2O3/c1-14(16-8-4-3-5-9-16)12-20-19(23)13-24-18-11-7-6-10-17(18)21-15(2)22/h3-11,14H,12-13H2,1-2H3,(H,20,23)(H,21,22)/t14-/m0/s1. The van der Waals surface area contributed by atoms with Crippen LogP contribution in [0.25, 0.3) is 0 Å². The van der Waals surface area contributed by atoms with Gasteiger partial charge in [0.15, 0.2) is 6.61 Å². The summed E-state index contributed by atoms with van der Waals surface area (Å²) in [5, 5.41) is 5.53. The topological polar surface area (TPSA) is 67.4 Å². The lowest BCUT2D eigenvalue weighted by Gasteiger charge is -2.14. The average Bonchev–Trinajstić information content (AvgIpc) is 2.59. The number of nitrogens with one attached hydrogen (secondary N) is 2. The Balaban J connectivity index is 1.82. The maximum atomic E-state index is 12.0. The van der Waals surface area contributed by atoms with E-state index in [0.717, 1.165) is 0 Å². The van der Waals surface area contributed by atoms with Crippen LogP contribution < -0.4 is 15.4 Å². The Labute approximate surface area is 142 Å². The highest BCUT2D eigenvalue weighted by Crippen LogP contribution is 2.23. The van der Waals surface area contributed by atoms with Crippen LogP contribution >= 0.6 is 0 Å². The number of benzene rings is 2. The summed E-state index contributed by atoms with van der Waals surface area (Å²) in [7, 11) is 0. The number of para-hydroxylation sites is 2. The van der Waals surface area contributed by atoms with Gasteiger partial charge in [0.2, 0.25) is 5.91 Å². The normalized spacial score (nSPS) is 11.4. The molecule has 5 nitrogen and oxygen atoms in total. The number of hydrogen-bond acceptors (Lipinski definition) is 3. The zero-order valence-electron chi connectivity index (χ0n) is 13.9. The molecule has 0 saturated carbocycles. The molecular weight excluding hydrogens is 304 g/mol. The van der Waals surface area contributed by atoms with Crippen molar-refractivity contribution in [3.05, 3.63) is 60.2 Å². The number of hydrogen-bond donors (Lipinski definition) is 2. The van der Waals surface area contributed by atoms with Crippen molar-refractivity contribution < 1.29 is 14.3 Å². The van der Waals surface area contributed by atoms with Gasteiger partial charge in [0.25, 0.3) is 5.91 Å². The molecule has 0 aliphatic heterocycles. The van der Waals surface area contributed by atoms with Gasteiger partial charge in [0.05, 0.1) is 5.69 Å². The van der Waals surface area contributed by atoms with E-state index < -0.39 is 0 Å². The summed E-state index contributed by atoms with van der Waals surface area (Å²) in [5.41, 5.74) is 1.73. The molecule has 2 amide bonds. The molecule has 0 spiro atoms. The van der Waals surface area contributed by atoms with Crippen LogP contribution in [0, 0.1) is 0 Å². The number of carbonyl (C=O) groups excluding carboxylic acids is 2. The SMILES string of the molecule is CC(=O)Nc1ccccc1OCC(=O)NC[C@H](C)c1ccccc1. The molecule has 0 aromatic heterocycles. The fourth-order valence-corrected chi connectivity index (χ4v) is 2.25. The van der Waals surface area contributed by atoms with Crippen molar-refractivity contribution in [1.82, 2.24) is 5.32 Å². The molecule has 1 atom stereocenters.